The summed E-state index contributed by atoms with van der Waals surface area (Å²) < 4.78 is 0. The van der Waals surface area contributed by atoms with Crippen LogP contribution in [0, 0.1) is 46.3 Å². The molecule has 0 heterocycles. The van der Waals surface area contributed by atoms with E-state index in [1.807, 2.05) is 13.8 Å². The van der Waals surface area contributed by atoms with Gasteiger partial charge in [0, 0.05) is 0 Å². The number of aliphatic hydroxyl groups is 2. The van der Waals surface area contributed by atoms with Crippen molar-refractivity contribution in [3.63, 3.8) is 0 Å². The molecule has 0 aromatic heterocycles. The molecule has 0 bridgehead atoms. The maximum Gasteiger partial charge on any atom is 0.0594 e. The molecule has 2 nitrogen and oxygen atoms in total. The summed E-state index contributed by atoms with van der Waals surface area (Å²) in [6.45, 7) is 11.6. The second kappa shape index (κ2) is 6.73. The van der Waals surface area contributed by atoms with Crippen LogP contribution < -0.4 is 0 Å². The van der Waals surface area contributed by atoms with E-state index in [1.165, 1.54) is 44.9 Å². The highest BCUT2D eigenvalue weighted by atomic mass is 16.3. The van der Waals surface area contributed by atoms with Crippen molar-refractivity contribution < 1.29 is 10.2 Å². The maximum atomic E-state index is 10.4. The number of fused-ring (bicyclic) bond motifs is 5. The van der Waals surface area contributed by atoms with Crippen molar-refractivity contribution >= 4 is 0 Å². The van der Waals surface area contributed by atoms with E-state index >= 15 is 0 Å². The summed E-state index contributed by atoms with van der Waals surface area (Å²) in [6.07, 6.45) is 12.6. The van der Waals surface area contributed by atoms with Crippen LogP contribution in [0.15, 0.2) is 0 Å². The van der Waals surface area contributed by atoms with Crippen molar-refractivity contribution in [2.45, 2.75) is 111 Å². The average Bonchev–Trinajstić information content (AvgIpc) is 2.91. The molecule has 4 saturated carbocycles. The van der Waals surface area contributed by atoms with Gasteiger partial charge in [0.1, 0.15) is 0 Å². The van der Waals surface area contributed by atoms with Gasteiger partial charge in [0.05, 0.1) is 11.7 Å². The van der Waals surface area contributed by atoms with Crippen LogP contribution in [-0.4, -0.2) is 21.9 Å². The highest BCUT2D eigenvalue weighted by Gasteiger charge is 2.60. The van der Waals surface area contributed by atoms with Crippen LogP contribution in [0.2, 0.25) is 0 Å². The molecular weight excluding hydrogens is 332 g/mol. The topological polar surface area (TPSA) is 40.5 Å². The Morgan fingerprint density at radius 2 is 1.59 bits per heavy atom. The lowest BCUT2D eigenvalue weighted by Crippen LogP contribution is -2.54. The quantitative estimate of drug-likeness (QED) is 0.653. The first-order valence-corrected chi connectivity index (χ1v) is 11.9. The van der Waals surface area contributed by atoms with Crippen LogP contribution in [0.4, 0.5) is 0 Å². The summed E-state index contributed by atoms with van der Waals surface area (Å²) in [5.41, 5.74) is 0.434. The summed E-state index contributed by atoms with van der Waals surface area (Å²) in [6, 6.07) is 0. The van der Waals surface area contributed by atoms with Gasteiger partial charge in [-0.25, -0.2) is 0 Å². The van der Waals surface area contributed by atoms with Gasteiger partial charge < -0.3 is 10.2 Å². The smallest absolute Gasteiger partial charge is 0.0594 e. The fourth-order valence-corrected chi connectivity index (χ4v) is 9.14. The monoisotopic (exact) mass is 376 g/mol. The van der Waals surface area contributed by atoms with E-state index in [9.17, 15) is 10.2 Å². The first-order valence-electron chi connectivity index (χ1n) is 11.9. The summed E-state index contributed by atoms with van der Waals surface area (Å²) in [5.74, 6) is 4.87. The Balaban J connectivity index is 1.54. The minimum Gasteiger partial charge on any atom is -0.393 e. The highest BCUT2D eigenvalue weighted by Crippen LogP contribution is 2.68. The molecule has 156 valence electrons. The molecule has 2 heteroatoms. The maximum absolute atomic E-state index is 10.4. The second-order valence-electron chi connectivity index (χ2n) is 12.3. The zero-order valence-electron chi connectivity index (χ0n) is 18.5. The van der Waals surface area contributed by atoms with Crippen molar-refractivity contribution in [1.29, 1.82) is 0 Å². The molecule has 9 atom stereocenters. The molecule has 0 saturated heterocycles. The van der Waals surface area contributed by atoms with Gasteiger partial charge in [-0.1, -0.05) is 20.8 Å². The average molecular weight is 377 g/mol. The highest BCUT2D eigenvalue weighted by molar-refractivity contribution is 5.09. The molecule has 4 aliphatic rings. The predicted octanol–water partition coefficient (Wildman–Crippen LogP) is 5.80. The first kappa shape index (κ1) is 20.2. The summed E-state index contributed by atoms with van der Waals surface area (Å²) in [5, 5.41) is 20.6. The largest absolute Gasteiger partial charge is 0.393 e. The Kier molecular flexibility index (Phi) is 5.03. The zero-order valence-corrected chi connectivity index (χ0v) is 18.5. The van der Waals surface area contributed by atoms with Crippen molar-refractivity contribution in [2.75, 3.05) is 0 Å². The molecule has 4 rings (SSSR count). The standard InChI is InChI=1S/C25H44O2/c1-16(15-23(2,3)27)20-8-9-21-19-7-6-17-14-18(26)10-12-24(17,4)22(19)11-13-25(20,21)5/h16-22,26-27H,6-15H2,1-5H3. The van der Waals surface area contributed by atoms with E-state index in [0.29, 0.717) is 16.7 Å². The fourth-order valence-electron chi connectivity index (χ4n) is 9.14. The number of hydrogen-bond donors (Lipinski definition) is 2. The molecule has 4 aliphatic carbocycles. The van der Waals surface area contributed by atoms with Gasteiger partial charge in [-0.15, -0.1) is 0 Å². The Bertz CT molecular complexity index is 551. The van der Waals surface area contributed by atoms with E-state index < -0.39 is 5.60 Å². The van der Waals surface area contributed by atoms with Gasteiger partial charge in [0.25, 0.3) is 0 Å². The van der Waals surface area contributed by atoms with Gasteiger partial charge in [-0.05, 0) is 124 Å². The summed E-state index contributed by atoms with van der Waals surface area (Å²) in [7, 11) is 0. The van der Waals surface area contributed by atoms with E-state index in [2.05, 4.69) is 20.8 Å². The minimum absolute atomic E-state index is 0.0352. The lowest BCUT2D eigenvalue weighted by atomic mass is 9.44. The Morgan fingerprint density at radius 3 is 2.30 bits per heavy atom. The number of aliphatic hydroxyl groups excluding tert-OH is 1. The lowest BCUT2D eigenvalue weighted by Gasteiger charge is -2.61. The van der Waals surface area contributed by atoms with Gasteiger partial charge in [0.15, 0.2) is 0 Å². The van der Waals surface area contributed by atoms with Crippen molar-refractivity contribution in [3.8, 4) is 0 Å². The number of hydrogen-bond acceptors (Lipinski definition) is 2. The molecule has 4 fully saturated rings. The molecule has 9 unspecified atom stereocenters. The van der Waals surface area contributed by atoms with Crippen LogP contribution in [0.3, 0.4) is 0 Å². The van der Waals surface area contributed by atoms with E-state index in [1.54, 1.807) is 0 Å². The third-order valence-electron chi connectivity index (χ3n) is 10.2. The van der Waals surface area contributed by atoms with E-state index in [-0.39, 0.29) is 6.10 Å². The second-order valence-corrected chi connectivity index (χ2v) is 12.3. The van der Waals surface area contributed by atoms with Crippen molar-refractivity contribution in [1.82, 2.24) is 0 Å². The minimum atomic E-state index is -0.542. The third kappa shape index (κ3) is 3.31. The molecule has 0 aliphatic heterocycles. The number of rotatable bonds is 3. The van der Waals surface area contributed by atoms with Gasteiger partial charge in [-0.3, -0.25) is 0 Å². The van der Waals surface area contributed by atoms with E-state index in [0.717, 1.165) is 48.9 Å². The van der Waals surface area contributed by atoms with Crippen molar-refractivity contribution in [2.24, 2.45) is 46.3 Å². The van der Waals surface area contributed by atoms with Crippen LogP contribution in [-0.2, 0) is 0 Å². The van der Waals surface area contributed by atoms with E-state index in [4.69, 9.17) is 0 Å². The lowest BCUT2D eigenvalue weighted by molar-refractivity contribution is -0.130. The third-order valence-corrected chi connectivity index (χ3v) is 10.2. The Morgan fingerprint density at radius 1 is 0.926 bits per heavy atom. The van der Waals surface area contributed by atoms with Crippen molar-refractivity contribution in [3.05, 3.63) is 0 Å². The van der Waals surface area contributed by atoms with Gasteiger partial charge >= 0.3 is 0 Å². The Labute approximate surface area is 167 Å². The summed E-state index contributed by atoms with van der Waals surface area (Å²) in [4.78, 5) is 0. The fraction of sp³-hybridized carbons (Fsp3) is 1.00. The SMILES string of the molecule is CC(CC(C)(C)O)C1CCC2C3CCC4CC(O)CCC4(C)C3CCC12C. The zero-order chi connectivity index (χ0) is 19.6. The molecule has 0 aromatic carbocycles. The molecule has 0 spiro atoms. The predicted molar refractivity (Wildman–Crippen MR) is 111 cm³/mol. The first-order chi connectivity index (χ1) is 12.5. The molecular formula is C25H44O2. The van der Waals surface area contributed by atoms with Gasteiger partial charge in [-0.2, -0.15) is 0 Å². The molecule has 0 radical (unpaired) electrons. The summed E-state index contributed by atoms with van der Waals surface area (Å²) >= 11 is 0. The molecule has 0 amide bonds. The Hall–Kier alpha value is -0.0800. The molecule has 27 heavy (non-hydrogen) atoms. The van der Waals surface area contributed by atoms with Crippen LogP contribution in [0.1, 0.15) is 98.8 Å². The van der Waals surface area contributed by atoms with Crippen LogP contribution in [0.25, 0.3) is 0 Å². The molecule has 2 N–H and O–H groups in total. The van der Waals surface area contributed by atoms with Gasteiger partial charge in [0.2, 0.25) is 0 Å². The van der Waals surface area contributed by atoms with Crippen LogP contribution >= 0.6 is 0 Å². The molecule has 0 aromatic rings. The normalized spacial score (nSPS) is 51.2. The van der Waals surface area contributed by atoms with Crippen LogP contribution in [0.5, 0.6) is 0 Å².